The summed E-state index contributed by atoms with van der Waals surface area (Å²) in [6, 6.07) is 19.6. The van der Waals surface area contributed by atoms with Crippen LogP contribution in [0, 0.1) is 6.92 Å². The van der Waals surface area contributed by atoms with Gasteiger partial charge in [-0.25, -0.2) is 0 Å². The van der Waals surface area contributed by atoms with Crippen LogP contribution in [0.15, 0.2) is 77.1 Å². The summed E-state index contributed by atoms with van der Waals surface area (Å²) >= 11 is 2.96. The predicted octanol–water partition coefficient (Wildman–Crippen LogP) is 5.17. The Morgan fingerprint density at radius 3 is 2.74 bits per heavy atom. The molecule has 0 aliphatic carbocycles. The molecule has 0 atom stereocenters. The first-order chi connectivity index (χ1) is 15.1. The minimum Gasteiger partial charge on any atom is -0.350 e. The van der Waals surface area contributed by atoms with E-state index in [1.807, 2.05) is 60.8 Å². The van der Waals surface area contributed by atoms with Crippen molar-refractivity contribution in [2.24, 2.45) is 0 Å². The summed E-state index contributed by atoms with van der Waals surface area (Å²) in [5.74, 6) is 0.251. The fraction of sp³-hybridized carbons (Fsp3) is 0.167. The number of benzene rings is 2. The molecule has 7 heteroatoms. The second-order valence-electron chi connectivity index (χ2n) is 7.14. The highest BCUT2D eigenvalue weighted by Gasteiger charge is 2.12. The summed E-state index contributed by atoms with van der Waals surface area (Å²) in [6.45, 7) is 3.20. The van der Waals surface area contributed by atoms with Crippen LogP contribution in [0.1, 0.15) is 15.2 Å². The molecule has 4 rings (SSSR count). The van der Waals surface area contributed by atoms with E-state index in [9.17, 15) is 9.59 Å². The van der Waals surface area contributed by atoms with Crippen molar-refractivity contribution >= 4 is 51.5 Å². The summed E-state index contributed by atoms with van der Waals surface area (Å²) in [6.07, 6.45) is 2.06. The number of thioether (sulfide) groups is 1. The number of carbonyl (C=O) groups excluding carboxylic acids is 2. The van der Waals surface area contributed by atoms with Gasteiger partial charge in [0.1, 0.15) is 0 Å². The third-order valence-electron chi connectivity index (χ3n) is 4.80. The van der Waals surface area contributed by atoms with E-state index in [1.165, 1.54) is 23.1 Å². The summed E-state index contributed by atoms with van der Waals surface area (Å²) < 4.78 is 2.13. The van der Waals surface area contributed by atoms with Crippen LogP contribution in [0.3, 0.4) is 0 Å². The van der Waals surface area contributed by atoms with Gasteiger partial charge in [-0.05, 0) is 42.1 Å². The fourth-order valence-electron chi connectivity index (χ4n) is 3.36. The third-order valence-corrected chi connectivity index (χ3v) is 6.71. The molecule has 0 aliphatic rings. The van der Waals surface area contributed by atoms with Crippen molar-refractivity contribution in [2.45, 2.75) is 18.4 Å². The van der Waals surface area contributed by atoms with E-state index in [2.05, 4.69) is 33.5 Å². The van der Waals surface area contributed by atoms with Gasteiger partial charge in [0.05, 0.1) is 10.6 Å². The molecule has 0 saturated heterocycles. The van der Waals surface area contributed by atoms with Crippen molar-refractivity contribution in [2.75, 3.05) is 17.6 Å². The number of fused-ring (bicyclic) bond motifs is 1. The zero-order valence-corrected chi connectivity index (χ0v) is 18.8. The normalized spacial score (nSPS) is 10.9. The van der Waals surface area contributed by atoms with E-state index in [0.29, 0.717) is 23.7 Å². The standard InChI is InChI=1S/C24H23N3O2S2/c1-17-6-4-7-18(14-17)26-23(28)16-31-22-15-27(20-9-3-2-8-19(20)22)12-11-25-24(29)21-10-5-13-30-21/h2-10,13-15H,11-12,16H2,1H3,(H,25,29)(H,26,28). The van der Waals surface area contributed by atoms with Crippen LogP contribution >= 0.6 is 23.1 Å². The van der Waals surface area contributed by atoms with Crippen LogP contribution in [0.5, 0.6) is 0 Å². The van der Waals surface area contributed by atoms with Gasteiger partial charge in [-0.3, -0.25) is 9.59 Å². The minimum atomic E-state index is -0.0473. The van der Waals surface area contributed by atoms with E-state index in [1.54, 1.807) is 0 Å². The topological polar surface area (TPSA) is 63.1 Å². The first-order valence-electron chi connectivity index (χ1n) is 9.99. The SMILES string of the molecule is Cc1cccc(NC(=O)CSc2cn(CCNC(=O)c3cccs3)c3ccccc23)c1. The molecule has 0 aliphatic heterocycles. The number of hydrogen-bond donors (Lipinski definition) is 2. The molecule has 0 saturated carbocycles. The molecule has 2 heterocycles. The second kappa shape index (κ2) is 9.85. The molecular formula is C24H23N3O2S2. The maximum atomic E-state index is 12.4. The number of anilines is 1. The molecule has 0 radical (unpaired) electrons. The van der Waals surface area contributed by atoms with Crippen molar-refractivity contribution in [3.8, 4) is 0 Å². The van der Waals surface area contributed by atoms with Crippen LogP contribution in [0.2, 0.25) is 0 Å². The number of para-hydroxylation sites is 1. The molecule has 158 valence electrons. The Bertz CT molecular complexity index is 1200. The van der Waals surface area contributed by atoms with E-state index in [-0.39, 0.29) is 11.8 Å². The Kier molecular flexibility index (Phi) is 6.74. The van der Waals surface area contributed by atoms with Gasteiger partial charge in [0.25, 0.3) is 5.91 Å². The lowest BCUT2D eigenvalue weighted by Crippen LogP contribution is -2.26. The lowest BCUT2D eigenvalue weighted by Gasteiger charge is -2.06. The summed E-state index contributed by atoms with van der Waals surface area (Å²) in [7, 11) is 0. The van der Waals surface area contributed by atoms with Gasteiger partial charge in [0.2, 0.25) is 5.91 Å². The first-order valence-corrected chi connectivity index (χ1v) is 11.9. The fourth-order valence-corrected chi connectivity index (χ4v) is 4.89. The number of hydrogen-bond acceptors (Lipinski definition) is 4. The van der Waals surface area contributed by atoms with E-state index in [4.69, 9.17) is 0 Å². The Morgan fingerprint density at radius 2 is 1.94 bits per heavy atom. The average molecular weight is 450 g/mol. The van der Waals surface area contributed by atoms with Gasteiger partial charge in [0, 0.05) is 40.8 Å². The van der Waals surface area contributed by atoms with Crippen molar-refractivity contribution in [1.29, 1.82) is 0 Å². The molecule has 31 heavy (non-hydrogen) atoms. The maximum Gasteiger partial charge on any atom is 0.261 e. The van der Waals surface area contributed by atoms with Crippen molar-refractivity contribution in [3.05, 3.63) is 82.7 Å². The Hall–Kier alpha value is -3.03. The number of aryl methyl sites for hydroxylation is 1. The number of nitrogens with one attached hydrogen (secondary N) is 2. The van der Waals surface area contributed by atoms with Crippen LogP contribution in [-0.2, 0) is 11.3 Å². The summed E-state index contributed by atoms with van der Waals surface area (Å²) in [5.41, 5.74) is 3.02. The van der Waals surface area contributed by atoms with Crippen molar-refractivity contribution < 1.29 is 9.59 Å². The van der Waals surface area contributed by atoms with Gasteiger partial charge in [-0.1, -0.05) is 36.4 Å². The maximum absolute atomic E-state index is 12.4. The smallest absolute Gasteiger partial charge is 0.261 e. The molecule has 2 aromatic heterocycles. The van der Waals surface area contributed by atoms with Crippen molar-refractivity contribution in [1.82, 2.24) is 9.88 Å². The highest BCUT2D eigenvalue weighted by molar-refractivity contribution is 8.00. The summed E-state index contributed by atoms with van der Waals surface area (Å²) in [4.78, 5) is 26.3. The molecule has 0 fully saturated rings. The molecule has 2 aromatic carbocycles. The third kappa shape index (κ3) is 5.37. The van der Waals surface area contributed by atoms with Gasteiger partial charge < -0.3 is 15.2 Å². The molecule has 2 N–H and O–H groups in total. The Morgan fingerprint density at radius 1 is 1.06 bits per heavy atom. The molecule has 0 bridgehead atoms. The number of thiophene rings is 1. The Balaban J connectivity index is 1.39. The zero-order valence-electron chi connectivity index (χ0n) is 17.1. The molecule has 2 amide bonds. The monoisotopic (exact) mass is 449 g/mol. The Labute approximate surface area is 189 Å². The van der Waals surface area contributed by atoms with Gasteiger partial charge in [0.15, 0.2) is 0 Å². The molecular weight excluding hydrogens is 426 g/mol. The second-order valence-corrected chi connectivity index (χ2v) is 9.11. The number of nitrogens with zero attached hydrogens (tertiary/aromatic N) is 1. The number of aromatic nitrogens is 1. The van der Waals surface area contributed by atoms with Gasteiger partial charge in [-0.15, -0.1) is 23.1 Å². The lowest BCUT2D eigenvalue weighted by molar-refractivity contribution is -0.113. The quantitative estimate of drug-likeness (QED) is 0.365. The van der Waals surface area contributed by atoms with Crippen LogP contribution in [0.4, 0.5) is 5.69 Å². The summed E-state index contributed by atoms with van der Waals surface area (Å²) in [5, 5.41) is 8.93. The largest absolute Gasteiger partial charge is 0.350 e. The van der Waals surface area contributed by atoms with E-state index in [0.717, 1.165) is 27.0 Å². The molecule has 5 nitrogen and oxygen atoms in total. The minimum absolute atomic E-state index is 0.0318. The van der Waals surface area contributed by atoms with Crippen LogP contribution in [0.25, 0.3) is 10.9 Å². The zero-order chi connectivity index (χ0) is 21.6. The van der Waals surface area contributed by atoms with E-state index < -0.39 is 0 Å². The number of amides is 2. The number of carbonyl (C=O) groups is 2. The molecule has 0 spiro atoms. The average Bonchev–Trinajstić information content (AvgIpc) is 3.41. The van der Waals surface area contributed by atoms with Gasteiger partial charge >= 0.3 is 0 Å². The first kappa shape index (κ1) is 21.2. The number of rotatable bonds is 8. The highest BCUT2D eigenvalue weighted by Crippen LogP contribution is 2.30. The lowest BCUT2D eigenvalue weighted by atomic mass is 10.2. The van der Waals surface area contributed by atoms with Crippen molar-refractivity contribution in [3.63, 3.8) is 0 Å². The van der Waals surface area contributed by atoms with Crippen LogP contribution < -0.4 is 10.6 Å². The molecule has 4 aromatic rings. The van der Waals surface area contributed by atoms with Gasteiger partial charge in [-0.2, -0.15) is 0 Å². The molecule has 0 unspecified atom stereocenters. The highest BCUT2D eigenvalue weighted by atomic mass is 32.2. The van der Waals surface area contributed by atoms with Crippen LogP contribution in [-0.4, -0.2) is 28.7 Å². The predicted molar refractivity (Wildman–Crippen MR) is 129 cm³/mol. The van der Waals surface area contributed by atoms with E-state index >= 15 is 0 Å².